The fourth-order valence-electron chi connectivity index (χ4n) is 1.51. The van der Waals surface area contributed by atoms with E-state index in [2.05, 4.69) is 23.3 Å². The Morgan fingerprint density at radius 1 is 1.71 bits per heavy atom. The van der Waals surface area contributed by atoms with Crippen molar-refractivity contribution < 1.29 is 0 Å². The van der Waals surface area contributed by atoms with E-state index in [9.17, 15) is 0 Å². The van der Waals surface area contributed by atoms with Crippen molar-refractivity contribution in [2.75, 3.05) is 6.54 Å². The molecule has 0 saturated carbocycles. The third-order valence-corrected chi connectivity index (χ3v) is 2.24. The predicted octanol–water partition coefficient (Wildman–Crippen LogP) is 1.40. The minimum absolute atomic E-state index is 0.317. The second kappa shape index (κ2) is 4.83. The molecule has 1 atom stereocenters. The summed E-state index contributed by atoms with van der Waals surface area (Å²) < 4.78 is 1.84. The maximum absolute atomic E-state index is 5.18. The lowest BCUT2D eigenvalue weighted by Gasteiger charge is -2.11. The van der Waals surface area contributed by atoms with Gasteiger partial charge in [-0.3, -0.25) is 4.68 Å². The Morgan fingerprint density at radius 3 is 2.93 bits per heavy atom. The van der Waals surface area contributed by atoms with Gasteiger partial charge in [0.1, 0.15) is 0 Å². The molecule has 3 nitrogen and oxygen atoms in total. The summed E-state index contributed by atoms with van der Waals surface area (Å²) in [4.78, 5) is 0. The quantitative estimate of drug-likeness (QED) is 0.576. The number of hydrogen-bond acceptors (Lipinski definition) is 2. The molecular formula is C11H17N3. The molecule has 0 amide bonds. The van der Waals surface area contributed by atoms with Crippen LogP contribution in [-0.2, 0) is 7.05 Å². The maximum Gasteiger partial charge on any atom is 0.0641 e. The number of terminal acetylenes is 1. The van der Waals surface area contributed by atoms with Gasteiger partial charge in [0.05, 0.1) is 5.69 Å². The molecule has 1 unspecified atom stereocenters. The van der Waals surface area contributed by atoms with Crippen LogP contribution in [0.3, 0.4) is 0 Å². The minimum atomic E-state index is 0.317. The van der Waals surface area contributed by atoms with Gasteiger partial charge in [0.25, 0.3) is 0 Å². The second-order valence-electron chi connectivity index (χ2n) is 3.47. The van der Waals surface area contributed by atoms with Gasteiger partial charge in [-0.1, -0.05) is 0 Å². The maximum atomic E-state index is 5.18. The van der Waals surface area contributed by atoms with Crippen molar-refractivity contribution in [1.29, 1.82) is 0 Å². The van der Waals surface area contributed by atoms with E-state index in [1.165, 1.54) is 5.56 Å². The summed E-state index contributed by atoms with van der Waals surface area (Å²) in [6.45, 7) is 5.00. The fourth-order valence-corrected chi connectivity index (χ4v) is 1.51. The van der Waals surface area contributed by atoms with E-state index in [0.29, 0.717) is 6.04 Å². The van der Waals surface area contributed by atoms with E-state index >= 15 is 0 Å². The van der Waals surface area contributed by atoms with Gasteiger partial charge in [-0.05, 0) is 13.8 Å². The van der Waals surface area contributed by atoms with Crippen LogP contribution < -0.4 is 5.32 Å². The lowest BCUT2D eigenvalue weighted by atomic mass is 10.1. The summed E-state index contributed by atoms with van der Waals surface area (Å²) in [5.74, 6) is 2.61. The van der Waals surface area contributed by atoms with Gasteiger partial charge in [0.2, 0.25) is 0 Å². The van der Waals surface area contributed by atoms with Crippen molar-refractivity contribution in [3.8, 4) is 12.3 Å². The number of aromatic nitrogens is 2. The standard InChI is InChI=1S/C11H17N3/c1-5-6-7-12-9(2)11-8-14(4)13-10(11)3/h1,8-9,12H,6-7H2,2-4H3. The molecule has 0 radical (unpaired) electrons. The molecule has 0 aliphatic rings. The third-order valence-electron chi connectivity index (χ3n) is 2.24. The van der Waals surface area contributed by atoms with Crippen molar-refractivity contribution in [3.05, 3.63) is 17.5 Å². The van der Waals surface area contributed by atoms with Crippen LogP contribution in [0.1, 0.15) is 30.6 Å². The summed E-state index contributed by atoms with van der Waals surface area (Å²) in [6, 6.07) is 0.317. The normalized spacial score (nSPS) is 12.4. The zero-order valence-electron chi connectivity index (χ0n) is 9.04. The summed E-state index contributed by atoms with van der Waals surface area (Å²) in [7, 11) is 1.94. The van der Waals surface area contributed by atoms with Crippen molar-refractivity contribution in [2.24, 2.45) is 7.05 Å². The SMILES string of the molecule is C#CCCNC(C)c1cn(C)nc1C. The lowest BCUT2D eigenvalue weighted by Crippen LogP contribution is -2.19. The van der Waals surface area contributed by atoms with E-state index in [4.69, 9.17) is 6.42 Å². The molecule has 1 N–H and O–H groups in total. The van der Waals surface area contributed by atoms with E-state index in [1.54, 1.807) is 0 Å². The number of nitrogens with zero attached hydrogens (tertiary/aromatic N) is 2. The summed E-state index contributed by atoms with van der Waals surface area (Å²) >= 11 is 0. The van der Waals surface area contributed by atoms with Gasteiger partial charge in [-0.2, -0.15) is 5.10 Å². The van der Waals surface area contributed by atoms with Crippen LogP contribution in [0.2, 0.25) is 0 Å². The number of hydrogen-bond donors (Lipinski definition) is 1. The minimum Gasteiger partial charge on any atom is -0.309 e. The van der Waals surface area contributed by atoms with Crippen LogP contribution >= 0.6 is 0 Å². The Labute approximate surface area is 85.5 Å². The van der Waals surface area contributed by atoms with E-state index in [1.807, 2.05) is 24.9 Å². The second-order valence-corrected chi connectivity index (χ2v) is 3.47. The van der Waals surface area contributed by atoms with Crippen molar-refractivity contribution >= 4 is 0 Å². The summed E-state index contributed by atoms with van der Waals surface area (Å²) in [5.41, 5.74) is 2.32. The van der Waals surface area contributed by atoms with E-state index in [-0.39, 0.29) is 0 Å². The van der Waals surface area contributed by atoms with Crippen LogP contribution in [0.5, 0.6) is 0 Å². The van der Waals surface area contributed by atoms with Gasteiger partial charge in [-0.25, -0.2) is 0 Å². The van der Waals surface area contributed by atoms with Crippen LogP contribution in [0, 0.1) is 19.3 Å². The Hall–Kier alpha value is -1.27. The zero-order valence-corrected chi connectivity index (χ0v) is 9.04. The molecule has 3 heteroatoms. The summed E-state index contributed by atoms with van der Waals surface area (Å²) in [6.07, 6.45) is 7.99. The third kappa shape index (κ3) is 2.61. The highest BCUT2D eigenvalue weighted by Crippen LogP contribution is 2.14. The first-order valence-corrected chi connectivity index (χ1v) is 4.82. The van der Waals surface area contributed by atoms with Gasteiger partial charge in [0, 0.05) is 37.8 Å². The van der Waals surface area contributed by atoms with E-state index < -0.39 is 0 Å². The first-order chi connectivity index (χ1) is 6.65. The van der Waals surface area contributed by atoms with Crippen LogP contribution in [0.25, 0.3) is 0 Å². The number of nitrogens with one attached hydrogen (secondary N) is 1. The molecule has 14 heavy (non-hydrogen) atoms. The van der Waals surface area contributed by atoms with Gasteiger partial charge in [0.15, 0.2) is 0 Å². The molecule has 0 bridgehead atoms. The first kappa shape index (κ1) is 10.8. The van der Waals surface area contributed by atoms with Gasteiger partial charge in [-0.15, -0.1) is 12.3 Å². The molecule has 0 spiro atoms. The Kier molecular flexibility index (Phi) is 3.73. The molecule has 0 saturated heterocycles. The van der Waals surface area contributed by atoms with Gasteiger partial charge >= 0.3 is 0 Å². The summed E-state index contributed by atoms with van der Waals surface area (Å²) in [5, 5.41) is 7.65. The lowest BCUT2D eigenvalue weighted by molar-refractivity contribution is 0.581. The molecule has 1 heterocycles. The molecule has 1 aromatic rings. The molecular weight excluding hydrogens is 174 g/mol. The monoisotopic (exact) mass is 191 g/mol. The molecule has 0 fully saturated rings. The Morgan fingerprint density at radius 2 is 2.43 bits per heavy atom. The van der Waals surface area contributed by atoms with Gasteiger partial charge < -0.3 is 5.32 Å². The number of rotatable bonds is 4. The average Bonchev–Trinajstić information content (AvgIpc) is 2.45. The average molecular weight is 191 g/mol. The van der Waals surface area contributed by atoms with Crippen molar-refractivity contribution in [1.82, 2.24) is 15.1 Å². The van der Waals surface area contributed by atoms with Crippen LogP contribution in [-0.4, -0.2) is 16.3 Å². The number of aryl methyl sites for hydroxylation is 2. The Balaban J connectivity index is 2.56. The molecule has 0 aromatic carbocycles. The Bertz CT molecular complexity index is 333. The highest BCUT2D eigenvalue weighted by atomic mass is 15.3. The molecule has 1 aromatic heterocycles. The smallest absolute Gasteiger partial charge is 0.0641 e. The topological polar surface area (TPSA) is 29.9 Å². The zero-order chi connectivity index (χ0) is 10.6. The molecule has 76 valence electrons. The van der Waals surface area contributed by atoms with E-state index in [0.717, 1.165) is 18.7 Å². The van der Waals surface area contributed by atoms with Crippen LogP contribution in [0.15, 0.2) is 6.20 Å². The highest BCUT2D eigenvalue weighted by molar-refractivity contribution is 5.19. The largest absolute Gasteiger partial charge is 0.309 e. The van der Waals surface area contributed by atoms with Crippen molar-refractivity contribution in [3.63, 3.8) is 0 Å². The predicted molar refractivity (Wildman–Crippen MR) is 57.8 cm³/mol. The first-order valence-electron chi connectivity index (χ1n) is 4.82. The highest BCUT2D eigenvalue weighted by Gasteiger charge is 2.09. The van der Waals surface area contributed by atoms with Crippen molar-refractivity contribution in [2.45, 2.75) is 26.3 Å². The molecule has 0 aliphatic carbocycles. The van der Waals surface area contributed by atoms with Crippen LogP contribution in [0.4, 0.5) is 0 Å². The molecule has 0 aliphatic heterocycles. The molecule has 1 rings (SSSR count). The fraction of sp³-hybridized carbons (Fsp3) is 0.545.